The summed E-state index contributed by atoms with van der Waals surface area (Å²) in [5, 5.41) is 13.0. The number of phenolic OH excluding ortho intramolecular Hbond substituents is 1. The number of carbonyl (C=O) groups is 3. The van der Waals surface area contributed by atoms with E-state index in [2.05, 4.69) is 5.32 Å². The zero-order valence-electron chi connectivity index (χ0n) is 23.7. The molecule has 0 aliphatic heterocycles. The van der Waals surface area contributed by atoms with Crippen molar-refractivity contribution < 1.29 is 43.2 Å². The number of rotatable bonds is 18. The summed E-state index contributed by atoms with van der Waals surface area (Å²) in [5.41, 5.74) is 1.97. The first-order valence-corrected chi connectivity index (χ1v) is 14.4. The van der Waals surface area contributed by atoms with Gasteiger partial charge in [0.25, 0.3) is 0 Å². The topological polar surface area (TPSA) is 130 Å². The molecule has 0 aliphatic rings. The zero-order valence-corrected chi connectivity index (χ0v) is 24.5. The summed E-state index contributed by atoms with van der Waals surface area (Å²) < 4.78 is 28.1. The number of aldehydes is 1. The second-order valence-corrected chi connectivity index (χ2v) is 10.2. The van der Waals surface area contributed by atoms with Crippen molar-refractivity contribution in [3.8, 4) is 27.7 Å². The quantitative estimate of drug-likeness (QED) is 0.0968. The summed E-state index contributed by atoms with van der Waals surface area (Å²) in [4.78, 5) is 36.1. The first-order chi connectivity index (χ1) is 21.0. The molecule has 0 saturated heterocycles. The van der Waals surface area contributed by atoms with Crippen molar-refractivity contribution in [2.45, 2.75) is 0 Å². The van der Waals surface area contributed by atoms with E-state index in [-0.39, 0.29) is 37.2 Å². The summed E-state index contributed by atoms with van der Waals surface area (Å²) in [6, 6.07) is 19.5. The number of nitrogens with one attached hydrogen (secondary N) is 1. The van der Waals surface area contributed by atoms with Gasteiger partial charge in [-0.3, -0.25) is 9.59 Å². The predicted octanol–water partition coefficient (Wildman–Crippen LogP) is 4.26. The lowest BCUT2D eigenvalue weighted by Crippen LogP contribution is -2.29. The highest BCUT2D eigenvalue weighted by atomic mass is 32.1. The zero-order chi connectivity index (χ0) is 30.4. The van der Waals surface area contributed by atoms with Gasteiger partial charge in [-0.25, -0.2) is 0 Å². The number of phenols is 1. The molecule has 2 N–H and O–H groups in total. The SMILES string of the molecule is COc1ccc2c(C(=O)c3ccc(OCCOCCOCCOCC(=O)NCC=O)cc3)c(-c3ccc(O)cc3)sc2c1. The van der Waals surface area contributed by atoms with Gasteiger partial charge in [0.1, 0.15) is 36.7 Å². The largest absolute Gasteiger partial charge is 0.508 e. The second-order valence-electron chi connectivity index (χ2n) is 9.17. The molecular formula is C32H33NO9S. The molecule has 1 aromatic heterocycles. The van der Waals surface area contributed by atoms with Crippen LogP contribution in [0.2, 0.25) is 0 Å². The molecule has 0 spiro atoms. The Morgan fingerprint density at radius 2 is 1.49 bits per heavy atom. The maximum absolute atomic E-state index is 13.8. The molecule has 1 amide bonds. The van der Waals surface area contributed by atoms with Crippen LogP contribution in [0.3, 0.4) is 0 Å². The number of hydrogen-bond acceptors (Lipinski definition) is 10. The molecule has 3 aromatic carbocycles. The van der Waals surface area contributed by atoms with Crippen LogP contribution in [0.25, 0.3) is 20.5 Å². The van der Waals surface area contributed by atoms with E-state index >= 15 is 0 Å². The van der Waals surface area contributed by atoms with Gasteiger partial charge in [0.2, 0.25) is 5.91 Å². The summed E-state index contributed by atoms with van der Waals surface area (Å²) in [6.45, 7) is 1.85. The Labute approximate surface area is 253 Å². The fourth-order valence-corrected chi connectivity index (χ4v) is 5.36. The fourth-order valence-electron chi connectivity index (χ4n) is 4.12. The maximum atomic E-state index is 13.8. The van der Waals surface area contributed by atoms with Crippen molar-refractivity contribution in [2.75, 3.05) is 59.9 Å². The smallest absolute Gasteiger partial charge is 0.246 e. The van der Waals surface area contributed by atoms with E-state index in [0.717, 1.165) is 20.5 Å². The van der Waals surface area contributed by atoms with E-state index in [1.807, 2.05) is 18.2 Å². The van der Waals surface area contributed by atoms with Crippen molar-refractivity contribution in [1.29, 1.82) is 0 Å². The standard InChI is InChI=1S/C32H33NO9S/c1-38-26-10-11-27-28(20-26)43-32(23-2-6-24(35)7-3-23)30(27)31(37)22-4-8-25(9-5-22)42-19-18-40-15-14-39-16-17-41-21-29(36)33-12-13-34/h2-11,13,20,35H,12,14-19,21H2,1H3,(H,33,36). The molecule has 0 saturated carbocycles. The molecule has 0 bridgehead atoms. The van der Waals surface area contributed by atoms with Crippen LogP contribution >= 0.6 is 11.3 Å². The third-order valence-corrected chi connectivity index (χ3v) is 7.43. The van der Waals surface area contributed by atoms with Crippen LogP contribution in [0.5, 0.6) is 17.2 Å². The number of aromatic hydroxyl groups is 1. The van der Waals surface area contributed by atoms with Crippen LogP contribution in [0.4, 0.5) is 0 Å². The fraction of sp³-hybridized carbons (Fsp3) is 0.281. The molecule has 1 heterocycles. The molecule has 0 atom stereocenters. The Balaban J connectivity index is 1.25. The maximum Gasteiger partial charge on any atom is 0.246 e. The first kappa shape index (κ1) is 31.6. The van der Waals surface area contributed by atoms with Crippen LogP contribution in [0.15, 0.2) is 66.7 Å². The van der Waals surface area contributed by atoms with E-state index < -0.39 is 0 Å². The van der Waals surface area contributed by atoms with Crippen molar-refractivity contribution in [1.82, 2.24) is 5.32 Å². The minimum Gasteiger partial charge on any atom is -0.508 e. The average Bonchev–Trinajstić information content (AvgIpc) is 3.41. The van der Waals surface area contributed by atoms with Gasteiger partial charge in [-0.2, -0.15) is 0 Å². The average molecular weight is 608 g/mol. The van der Waals surface area contributed by atoms with E-state index in [4.69, 9.17) is 23.7 Å². The van der Waals surface area contributed by atoms with E-state index in [1.165, 1.54) is 11.3 Å². The molecular weight excluding hydrogens is 574 g/mol. The van der Waals surface area contributed by atoms with Crippen molar-refractivity contribution in [3.63, 3.8) is 0 Å². The minimum absolute atomic E-state index is 0.0294. The molecule has 226 valence electrons. The monoisotopic (exact) mass is 607 g/mol. The van der Waals surface area contributed by atoms with Crippen molar-refractivity contribution in [2.24, 2.45) is 0 Å². The number of ether oxygens (including phenoxy) is 5. The number of hydrogen-bond donors (Lipinski definition) is 2. The van der Waals surface area contributed by atoms with Gasteiger partial charge in [0.15, 0.2) is 5.78 Å². The van der Waals surface area contributed by atoms with Crippen LogP contribution in [0, 0.1) is 0 Å². The molecule has 11 heteroatoms. The van der Waals surface area contributed by atoms with Gasteiger partial charge in [0.05, 0.1) is 46.7 Å². The second kappa shape index (κ2) is 16.4. The van der Waals surface area contributed by atoms with Gasteiger partial charge in [-0.05, 0) is 72.3 Å². The number of fused-ring (bicyclic) bond motifs is 1. The summed E-state index contributed by atoms with van der Waals surface area (Å²) in [6.07, 6.45) is 0.604. The Bertz CT molecular complexity index is 1500. The molecule has 4 rings (SSSR count). The minimum atomic E-state index is -0.353. The third-order valence-electron chi connectivity index (χ3n) is 6.23. The van der Waals surface area contributed by atoms with Gasteiger partial charge in [-0.1, -0.05) is 0 Å². The highest BCUT2D eigenvalue weighted by molar-refractivity contribution is 7.22. The number of amides is 1. The van der Waals surface area contributed by atoms with E-state index in [9.17, 15) is 19.5 Å². The van der Waals surface area contributed by atoms with Gasteiger partial charge in [-0.15, -0.1) is 11.3 Å². The normalized spacial score (nSPS) is 10.9. The van der Waals surface area contributed by atoms with Crippen LogP contribution in [0.1, 0.15) is 15.9 Å². The summed E-state index contributed by atoms with van der Waals surface area (Å²) >= 11 is 1.51. The number of benzene rings is 3. The Kier molecular flexibility index (Phi) is 12.0. The van der Waals surface area contributed by atoms with Crippen LogP contribution < -0.4 is 14.8 Å². The van der Waals surface area contributed by atoms with E-state index in [1.54, 1.807) is 55.6 Å². The number of thiophene rings is 1. The Morgan fingerprint density at radius 3 is 2.16 bits per heavy atom. The van der Waals surface area contributed by atoms with Crippen molar-refractivity contribution >= 4 is 39.4 Å². The lowest BCUT2D eigenvalue weighted by molar-refractivity contribution is -0.127. The molecule has 43 heavy (non-hydrogen) atoms. The van der Waals surface area contributed by atoms with Gasteiger partial charge in [0, 0.05) is 26.1 Å². The molecule has 4 aromatic rings. The van der Waals surface area contributed by atoms with Crippen LogP contribution in [-0.2, 0) is 23.8 Å². The molecule has 0 aliphatic carbocycles. The predicted molar refractivity (Wildman–Crippen MR) is 162 cm³/mol. The lowest BCUT2D eigenvalue weighted by atomic mass is 9.97. The lowest BCUT2D eigenvalue weighted by Gasteiger charge is -2.09. The molecule has 0 fully saturated rings. The highest BCUT2D eigenvalue weighted by Crippen LogP contribution is 2.41. The van der Waals surface area contributed by atoms with Crippen LogP contribution in [-0.4, -0.2) is 83.0 Å². The highest BCUT2D eigenvalue weighted by Gasteiger charge is 2.22. The first-order valence-electron chi connectivity index (χ1n) is 13.6. The van der Waals surface area contributed by atoms with Gasteiger partial charge < -0.3 is 38.9 Å². The Hall–Kier alpha value is -4.29. The molecule has 10 nitrogen and oxygen atoms in total. The number of carbonyl (C=O) groups excluding carboxylic acids is 3. The third kappa shape index (κ3) is 9.10. The number of methoxy groups -OCH3 is 1. The number of ketones is 1. The summed E-state index contributed by atoms with van der Waals surface area (Å²) in [7, 11) is 1.61. The molecule has 0 radical (unpaired) electrons. The Morgan fingerprint density at radius 1 is 0.837 bits per heavy atom. The molecule has 0 unspecified atom stereocenters. The van der Waals surface area contributed by atoms with E-state index in [0.29, 0.717) is 61.9 Å². The van der Waals surface area contributed by atoms with Crippen molar-refractivity contribution in [3.05, 3.63) is 77.9 Å². The summed E-state index contributed by atoms with van der Waals surface area (Å²) in [5.74, 6) is 1.02. The van der Waals surface area contributed by atoms with Gasteiger partial charge >= 0.3 is 0 Å².